The highest BCUT2D eigenvalue weighted by molar-refractivity contribution is 7.22. The van der Waals surface area contributed by atoms with Gasteiger partial charge in [-0.1, -0.05) is 59.9 Å². The van der Waals surface area contributed by atoms with Crippen molar-refractivity contribution in [3.05, 3.63) is 89.5 Å². The number of fused-ring (bicyclic) bond motifs is 2. The Labute approximate surface area is 172 Å². The monoisotopic (exact) mass is 400 g/mol. The lowest BCUT2D eigenvalue weighted by Crippen LogP contribution is -2.37. The molecule has 0 spiro atoms. The van der Waals surface area contributed by atoms with Crippen LogP contribution in [0.2, 0.25) is 0 Å². The molecule has 4 nitrogen and oxygen atoms in total. The maximum absolute atomic E-state index is 13.5. The average molecular weight is 401 g/mol. The number of nitrogens with one attached hydrogen (secondary N) is 1. The van der Waals surface area contributed by atoms with Crippen LogP contribution in [0.15, 0.2) is 72.8 Å². The van der Waals surface area contributed by atoms with Crippen molar-refractivity contribution in [2.75, 3.05) is 5.32 Å². The Hall–Kier alpha value is -3.18. The molecule has 0 bridgehead atoms. The Morgan fingerprint density at radius 3 is 2.66 bits per heavy atom. The van der Waals surface area contributed by atoms with E-state index in [0.717, 1.165) is 26.9 Å². The van der Waals surface area contributed by atoms with Gasteiger partial charge < -0.3 is 10.4 Å². The van der Waals surface area contributed by atoms with Crippen LogP contribution in [-0.4, -0.2) is 16.0 Å². The van der Waals surface area contributed by atoms with E-state index in [1.54, 1.807) is 12.1 Å². The minimum Gasteiger partial charge on any atom is -0.508 e. The Balaban J connectivity index is 1.55. The molecule has 29 heavy (non-hydrogen) atoms. The number of hydrogen-bond donors (Lipinski definition) is 2. The standard InChI is InChI=1S/C24H20N2O2S/c1-24(22(28)26-23-25-19-9-5-6-10-20(19)29-23)14-16-11-12-17(27)13-18(16)21(24)15-7-3-2-4-8-15/h2-13,21,27H,14H2,1H3,(H,25,26,28). The second kappa shape index (κ2) is 6.71. The Bertz CT molecular complexity index is 1190. The van der Waals surface area contributed by atoms with Crippen LogP contribution in [0, 0.1) is 5.41 Å². The van der Waals surface area contributed by atoms with E-state index >= 15 is 0 Å². The van der Waals surface area contributed by atoms with Gasteiger partial charge in [0.25, 0.3) is 0 Å². The van der Waals surface area contributed by atoms with E-state index in [0.29, 0.717) is 11.6 Å². The SMILES string of the molecule is CC1(C(=O)Nc2nc3ccccc3s2)Cc2ccc(O)cc2C1c1ccccc1. The number of amides is 1. The van der Waals surface area contributed by atoms with Gasteiger partial charge >= 0.3 is 0 Å². The Morgan fingerprint density at radius 2 is 1.86 bits per heavy atom. The van der Waals surface area contributed by atoms with Gasteiger partial charge in [-0.25, -0.2) is 4.98 Å². The normalized spacial score (nSPS) is 20.5. The van der Waals surface area contributed by atoms with Crippen LogP contribution in [-0.2, 0) is 11.2 Å². The van der Waals surface area contributed by atoms with Crippen LogP contribution in [0.4, 0.5) is 5.13 Å². The summed E-state index contributed by atoms with van der Waals surface area (Å²) in [5.74, 6) is 0.0294. The van der Waals surface area contributed by atoms with Crippen LogP contribution in [0.25, 0.3) is 10.2 Å². The molecule has 1 aliphatic carbocycles. The third-order valence-corrected chi connectivity index (χ3v) is 6.75. The molecule has 0 fully saturated rings. The summed E-state index contributed by atoms with van der Waals surface area (Å²) in [6.45, 7) is 2.00. The molecule has 1 amide bonds. The number of thiazole rings is 1. The molecular weight excluding hydrogens is 380 g/mol. The fourth-order valence-corrected chi connectivity index (χ4v) is 5.28. The molecule has 0 aliphatic heterocycles. The summed E-state index contributed by atoms with van der Waals surface area (Å²) >= 11 is 1.48. The summed E-state index contributed by atoms with van der Waals surface area (Å²) in [5, 5.41) is 13.8. The summed E-state index contributed by atoms with van der Waals surface area (Å²) < 4.78 is 1.05. The van der Waals surface area contributed by atoms with Crippen LogP contribution < -0.4 is 5.32 Å². The lowest BCUT2D eigenvalue weighted by Gasteiger charge is -2.30. The molecular formula is C24H20N2O2S. The molecule has 2 unspecified atom stereocenters. The van der Waals surface area contributed by atoms with Crippen molar-refractivity contribution < 1.29 is 9.90 Å². The lowest BCUT2D eigenvalue weighted by molar-refractivity contribution is -0.125. The van der Waals surface area contributed by atoms with Gasteiger partial charge in [-0.2, -0.15) is 0 Å². The number of anilines is 1. The number of phenolic OH excluding ortho intramolecular Hbond substituents is 1. The maximum Gasteiger partial charge on any atom is 0.233 e. The number of nitrogens with zero attached hydrogens (tertiary/aromatic N) is 1. The molecule has 5 heteroatoms. The fourth-order valence-electron chi connectivity index (χ4n) is 4.42. The topological polar surface area (TPSA) is 62.2 Å². The van der Waals surface area contributed by atoms with Gasteiger partial charge in [0.2, 0.25) is 5.91 Å². The smallest absolute Gasteiger partial charge is 0.233 e. The first kappa shape index (κ1) is 17.9. The summed E-state index contributed by atoms with van der Waals surface area (Å²) in [6, 6.07) is 23.3. The number of para-hydroxylation sites is 1. The average Bonchev–Trinajstić information content (AvgIpc) is 3.26. The van der Waals surface area contributed by atoms with Crippen LogP contribution in [0.1, 0.15) is 29.5 Å². The minimum absolute atomic E-state index is 0.0545. The predicted octanol–water partition coefficient (Wildman–Crippen LogP) is 5.33. The van der Waals surface area contributed by atoms with E-state index in [1.165, 1.54) is 11.3 Å². The molecule has 2 atom stereocenters. The van der Waals surface area contributed by atoms with Crippen LogP contribution in [0.3, 0.4) is 0 Å². The van der Waals surface area contributed by atoms with Gasteiger partial charge in [0, 0.05) is 5.92 Å². The van der Waals surface area contributed by atoms with Crippen molar-refractivity contribution in [2.24, 2.45) is 5.41 Å². The number of phenols is 1. The molecule has 1 heterocycles. The first-order valence-corrected chi connectivity index (χ1v) is 10.4. The number of rotatable bonds is 3. The molecule has 0 saturated heterocycles. The predicted molar refractivity (Wildman–Crippen MR) is 116 cm³/mol. The van der Waals surface area contributed by atoms with Crippen molar-refractivity contribution in [1.29, 1.82) is 0 Å². The lowest BCUT2D eigenvalue weighted by atomic mass is 9.73. The number of aromatic hydroxyl groups is 1. The maximum atomic E-state index is 13.5. The zero-order chi connectivity index (χ0) is 20.0. The summed E-state index contributed by atoms with van der Waals surface area (Å²) in [7, 11) is 0. The molecule has 1 aliphatic rings. The number of benzene rings is 3. The summed E-state index contributed by atoms with van der Waals surface area (Å²) in [5.41, 5.74) is 3.38. The largest absolute Gasteiger partial charge is 0.508 e. The third kappa shape index (κ3) is 2.98. The van der Waals surface area contributed by atoms with Crippen molar-refractivity contribution in [3.63, 3.8) is 0 Å². The molecule has 0 radical (unpaired) electrons. The quantitative estimate of drug-likeness (QED) is 0.488. The fraction of sp³-hybridized carbons (Fsp3) is 0.167. The molecule has 2 N–H and O–H groups in total. The van der Waals surface area contributed by atoms with Gasteiger partial charge in [-0.15, -0.1) is 0 Å². The molecule has 1 aromatic heterocycles. The zero-order valence-electron chi connectivity index (χ0n) is 15.9. The van der Waals surface area contributed by atoms with Crippen molar-refractivity contribution in [2.45, 2.75) is 19.3 Å². The van der Waals surface area contributed by atoms with Gasteiger partial charge in [-0.3, -0.25) is 4.79 Å². The number of hydrogen-bond acceptors (Lipinski definition) is 4. The number of aromatic nitrogens is 1. The first-order chi connectivity index (χ1) is 14.0. The second-order valence-corrected chi connectivity index (χ2v) is 8.79. The second-order valence-electron chi connectivity index (χ2n) is 7.76. The highest BCUT2D eigenvalue weighted by Crippen LogP contribution is 2.52. The zero-order valence-corrected chi connectivity index (χ0v) is 16.7. The van der Waals surface area contributed by atoms with E-state index in [-0.39, 0.29) is 17.6 Å². The highest BCUT2D eigenvalue weighted by atomic mass is 32.1. The van der Waals surface area contributed by atoms with E-state index in [9.17, 15) is 9.90 Å². The van der Waals surface area contributed by atoms with E-state index in [1.807, 2.05) is 67.6 Å². The van der Waals surface area contributed by atoms with Crippen LogP contribution in [0.5, 0.6) is 5.75 Å². The van der Waals surface area contributed by atoms with Crippen molar-refractivity contribution >= 4 is 32.6 Å². The first-order valence-electron chi connectivity index (χ1n) is 9.58. The molecule has 4 aromatic rings. The van der Waals surface area contributed by atoms with E-state index < -0.39 is 5.41 Å². The number of carbonyl (C=O) groups excluding carboxylic acids is 1. The molecule has 3 aromatic carbocycles. The van der Waals surface area contributed by atoms with E-state index in [2.05, 4.69) is 10.3 Å². The number of carbonyl (C=O) groups is 1. The molecule has 144 valence electrons. The summed E-state index contributed by atoms with van der Waals surface area (Å²) in [4.78, 5) is 18.1. The molecule has 5 rings (SSSR count). The van der Waals surface area contributed by atoms with E-state index in [4.69, 9.17) is 0 Å². The summed E-state index contributed by atoms with van der Waals surface area (Å²) in [6.07, 6.45) is 0.610. The molecule has 0 saturated carbocycles. The highest BCUT2D eigenvalue weighted by Gasteiger charge is 2.49. The van der Waals surface area contributed by atoms with Crippen molar-refractivity contribution in [3.8, 4) is 5.75 Å². The van der Waals surface area contributed by atoms with Gasteiger partial charge in [0.05, 0.1) is 15.6 Å². The minimum atomic E-state index is -0.685. The van der Waals surface area contributed by atoms with Crippen molar-refractivity contribution in [1.82, 2.24) is 4.98 Å². The Kier molecular flexibility index (Phi) is 4.14. The van der Waals surface area contributed by atoms with Gasteiger partial charge in [0.1, 0.15) is 5.75 Å². The Morgan fingerprint density at radius 1 is 1.10 bits per heavy atom. The van der Waals surface area contributed by atoms with Gasteiger partial charge in [0.15, 0.2) is 5.13 Å². The van der Waals surface area contributed by atoms with Gasteiger partial charge in [-0.05, 0) is 54.3 Å². The van der Waals surface area contributed by atoms with Crippen LogP contribution >= 0.6 is 11.3 Å². The third-order valence-electron chi connectivity index (χ3n) is 5.80.